The van der Waals surface area contributed by atoms with E-state index in [4.69, 9.17) is 9.47 Å². The van der Waals surface area contributed by atoms with Crippen LogP contribution in [0.3, 0.4) is 0 Å². The summed E-state index contributed by atoms with van der Waals surface area (Å²) >= 11 is 0. The molecular weight excluding hydrogens is 556 g/mol. The Hall–Kier alpha value is -5.11. The molecular formula is C36H38N2O6. The number of nitrogens with one attached hydrogen (secondary N) is 1. The molecule has 0 radical (unpaired) electrons. The predicted octanol–water partition coefficient (Wildman–Crippen LogP) is 6.49. The van der Waals surface area contributed by atoms with Crippen molar-refractivity contribution in [2.75, 3.05) is 30.5 Å². The summed E-state index contributed by atoms with van der Waals surface area (Å²) in [6.45, 7) is 4.60. The number of carbonyl (C=O) groups excluding carboxylic acids is 2. The SMILES string of the molecule is COc1ccccc1N(CCCOc1ccc(C[C@H](Nc2ccccc2C(=O)c2ccccc2)C(=O)O)cc1)C(=O)C(C)C. The van der Waals surface area contributed by atoms with Gasteiger partial charge in [-0.05, 0) is 48.4 Å². The molecule has 0 aliphatic heterocycles. The van der Waals surface area contributed by atoms with E-state index in [9.17, 15) is 19.5 Å². The zero-order chi connectivity index (χ0) is 31.5. The van der Waals surface area contributed by atoms with Crippen molar-refractivity contribution in [2.45, 2.75) is 32.7 Å². The fraction of sp³-hybridized carbons (Fsp3) is 0.250. The summed E-state index contributed by atoms with van der Waals surface area (Å²) in [7, 11) is 1.59. The molecule has 0 aliphatic rings. The van der Waals surface area contributed by atoms with E-state index < -0.39 is 12.0 Å². The second-order valence-corrected chi connectivity index (χ2v) is 10.6. The average molecular weight is 595 g/mol. The summed E-state index contributed by atoms with van der Waals surface area (Å²) in [6, 6.07) is 29.6. The number of nitrogens with zero attached hydrogens (tertiary/aromatic N) is 1. The van der Waals surface area contributed by atoms with E-state index in [-0.39, 0.29) is 24.0 Å². The number of hydrogen-bond acceptors (Lipinski definition) is 6. The Morgan fingerprint density at radius 3 is 2.18 bits per heavy atom. The van der Waals surface area contributed by atoms with E-state index in [1.807, 2.05) is 56.3 Å². The topological polar surface area (TPSA) is 105 Å². The van der Waals surface area contributed by atoms with Crippen molar-refractivity contribution in [3.05, 3.63) is 120 Å². The normalized spacial score (nSPS) is 11.5. The monoisotopic (exact) mass is 594 g/mol. The Kier molecular flexibility index (Phi) is 11.1. The number of methoxy groups -OCH3 is 1. The number of anilines is 2. The lowest BCUT2D eigenvalue weighted by Crippen LogP contribution is -2.36. The lowest BCUT2D eigenvalue weighted by Gasteiger charge is -2.26. The van der Waals surface area contributed by atoms with E-state index in [1.165, 1.54) is 0 Å². The van der Waals surface area contributed by atoms with Gasteiger partial charge in [-0.1, -0.05) is 80.6 Å². The van der Waals surface area contributed by atoms with Crippen LogP contribution in [0.5, 0.6) is 11.5 Å². The number of hydrogen-bond donors (Lipinski definition) is 2. The number of para-hydroxylation sites is 3. The van der Waals surface area contributed by atoms with Gasteiger partial charge in [0.2, 0.25) is 5.91 Å². The largest absolute Gasteiger partial charge is 0.495 e. The molecule has 0 fully saturated rings. The number of rotatable bonds is 15. The average Bonchev–Trinajstić information content (AvgIpc) is 3.05. The van der Waals surface area contributed by atoms with Gasteiger partial charge in [-0.25, -0.2) is 4.79 Å². The highest BCUT2D eigenvalue weighted by Gasteiger charge is 2.23. The van der Waals surface area contributed by atoms with E-state index in [2.05, 4.69) is 5.32 Å². The molecule has 0 bridgehead atoms. The van der Waals surface area contributed by atoms with Crippen molar-refractivity contribution in [2.24, 2.45) is 5.92 Å². The smallest absolute Gasteiger partial charge is 0.326 e. The molecule has 8 heteroatoms. The first-order valence-electron chi connectivity index (χ1n) is 14.6. The molecule has 228 valence electrons. The van der Waals surface area contributed by atoms with Crippen LogP contribution in [0.25, 0.3) is 0 Å². The fourth-order valence-corrected chi connectivity index (χ4v) is 4.82. The van der Waals surface area contributed by atoms with Crippen molar-refractivity contribution in [1.29, 1.82) is 0 Å². The predicted molar refractivity (Wildman–Crippen MR) is 172 cm³/mol. The number of ether oxygens (including phenoxy) is 2. The van der Waals surface area contributed by atoms with Gasteiger partial charge >= 0.3 is 5.97 Å². The molecule has 0 spiro atoms. The van der Waals surface area contributed by atoms with Crippen molar-refractivity contribution in [1.82, 2.24) is 0 Å². The fourth-order valence-electron chi connectivity index (χ4n) is 4.82. The zero-order valence-electron chi connectivity index (χ0n) is 25.2. The molecule has 44 heavy (non-hydrogen) atoms. The van der Waals surface area contributed by atoms with Gasteiger partial charge in [-0.15, -0.1) is 0 Å². The first-order chi connectivity index (χ1) is 21.3. The molecule has 0 unspecified atom stereocenters. The Bertz CT molecular complexity index is 1550. The quantitative estimate of drug-likeness (QED) is 0.120. The summed E-state index contributed by atoms with van der Waals surface area (Å²) in [5.74, 6) is -0.0885. The lowest BCUT2D eigenvalue weighted by molar-refractivity contribution is -0.137. The van der Waals surface area contributed by atoms with E-state index in [1.54, 1.807) is 72.7 Å². The minimum Gasteiger partial charge on any atom is -0.495 e. The van der Waals surface area contributed by atoms with E-state index in [0.29, 0.717) is 47.9 Å². The molecule has 2 N–H and O–H groups in total. The minimum absolute atomic E-state index is 0.00695. The summed E-state index contributed by atoms with van der Waals surface area (Å²) in [5, 5.41) is 13.0. The number of carbonyl (C=O) groups is 3. The molecule has 0 saturated carbocycles. The molecule has 1 amide bonds. The van der Waals surface area contributed by atoms with Crippen LogP contribution in [-0.2, 0) is 16.0 Å². The molecule has 8 nitrogen and oxygen atoms in total. The molecule has 1 atom stereocenters. The maximum atomic E-state index is 13.1. The summed E-state index contributed by atoms with van der Waals surface area (Å²) < 4.78 is 11.4. The van der Waals surface area contributed by atoms with Crippen molar-refractivity contribution in [3.8, 4) is 11.5 Å². The van der Waals surface area contributed by atoms with Crippen LogP contribution in [0.2, 0.25) is 0 Å². The highest BCUT2D eigenvalue weighted by molar-refractivity contribution is 6.12. The molecule has 4 rings (SSSR count). The number of aliphatic carboxylic acids is 1. The number of benzene rings is 4. The first-order valence-corrected chi connectivity index (χ1v) is 14.6. The molecule has 4 aromatic carbocycles. The summed E-state index contributed by atoms with van der Waals surface area (Å²) in [6.07, 6.45) is 0.805. The van der Waals surface area contributed by atoms with Gasteiger partial charge < -0.3 is 24.8 Å². The highest BCUT2D eigenvalue weighted by Crippen LogP contribution is 2.29. The van der Waals surface area contributed by atoms with Crippen molar-refractivity contribution < 1.29 is 29.0 Å². The van der Waals surface area contributed by atoms with Gasteiger partial charge in [0.15, 0.2) is 5.78 Å². The van der Waals surface area contributed by atoms with Crippen molar-refractivity contribution >= 4 is 29.0 Å². The molecule has 0 aliphatic carbocycles. The second kappa shape index (κ2) is 15.4. The first kappa shape index (κ1) is 31.8. The van der Waals surface area contributed by atoms with E-state index >= 15 is 0 Å². The minimum atomic E-state index is -1.03. The zero-order valence-corrected chi connectivity index (χ0v) is 25.2. The number of ketones is 1. The number of carboxylic acids is 1. The Morgan fingerprint density at radius 1 is 0.841 bits per heavy atom. The van der Waals surface area contributed by atoms with Gasteiger partial charge in [0.1, 0.15) is 17.5 Å². The van der Waals surface area contributed by atoms with Crippen LogP contribution in [0.15, 0.2) is 103 Å². The van der Waals surface area contributed by atoms with Crippen LogP contribution in [0.4, 0.5) is 11.4 Å². The highest BCUT2D eigenvalue weighted by atomic mass is 16.5. The maximum absolute atomic E-state index is 13.1. The third kappa shape index (κ3) is 8.25. The Labute approximate surface area is 258 Å². The van der Waals surface area contributed by atoms with Crippen LogP contribution < -0.4 is 19.7 Å². The van der Waals surface area contributed by atoms with Gasteiger partial charge in [0.25, 0.3) is 0 Å². The van der Waals surface area contributed by atoms with Gasteiger partial charge in [0, 0.05) is 35.7 Å². The Morgan fingerprint density at radius 2 is 1.50 bits per heavy atom. The second-order valence-electron chi connectivity index (χ2n) is 10.6. The standard InChI is InChI=1S/C36H38N2O6/c1-25(2)35(40)38(32-16-9-10-17-33(32)43-3)22-11-23-44-28-20-18-26(19-21-28)24-31(36(41)42)37-30-15-8-7-14-29(30)34(39)27-12-5-4-6-13-27/h4-10,12-21,25,31,37H,11,22-24H2,1-3H3,(H,41,42)/t31-/m0/s1. The molecule has 0 saturated heterocycles. The van der Waals surface area contributed by atoms with Crippen LogP contribution in [0, 0.1) is 5.92 Å². The summed E-state index contributed by atoms with van der Waals surface area (Å²) in [4.78, 5) is 40.0. The third-order valence-electron chi connectivity index (χ3n) is 7.13. The molecule has 4 aromatic rings. The van der Waals surface area contributed by atoms with Gasteiger partial charge in [-0.2, -0.15) is 0 Å². The van der Waals surface area contributed by atoms with E-state index in [0.717, 1.165) is 11.3 Å². The summed E-state index contributed by atoms with van der Waals surface area (Å²) in [5.41, 5.74) is 2.93. The molecule has 0 heterocycles. The number of carboxylic acid groups (broad SMARTS) is 1. The Balaban J connectivity index is 1.36. The van der Waals surface area contributed by atoms with Gasteiger partial charge in [-0.3, -0.25) is 9.59 Å². The van der Waals surface area contributed by atoms with Gasteiger partial charge in [0.05, 0.1) is 19.4 Å². The van der Waals surface area contributed by atoms with Crippen LogP contribution in [-0.4, -0.2) is 49.1 Å². The molecule has 0 aromatic heterocycles. The van der Waals surface area contributed by atoms with Crippen LogP contribution >= 0.6 is 0 Å². The number of amides is 1. The maximum Gasteiger partial charge on any atom is 0.326 e. The third-order valence-corrected chi connectivity index (χ3v) is 7.13. The van der Waals surface area contributed by atoms with Crippen molar-refractivity contribution in [3.63, 3.8) is 0 Å². The lowest BCUT2D eigenvalue weighted by atomic mass is 10.00. The van der Waals surface area contributed by atoms with Crippen LogP contribution in [0.1, 0.15) is 41.8 Å².